The van der Waals surface area contributed by atoms with Crippen molar-refractivity contribution < 1.29 is 9.90 Å². The van der Waals surface area contributed by atoms with E-state index in [4.69, 9.17) is 0 Å². The molecule has 0 aliphatic carbocycles. The third-order valence-corrected chi connectivity index (χ3v) is 4.18. The largest absolute Gasteiger partial charge is 0.507 e. The molecule has 0 aliphatic heterocycles. The monoisotopic (exact) mass is 381 g/mol. The van der Waals surface area contributed by atoms with E-state index in [1.165, 1.54) is 6.07 Å². The van der Waals surface area contributed by atoms with Gasteiger partial charge >= 0.3 is 0 Å². The second kappa shape index (κ2) is 7.32. The molecular formula is C20H16BrNO2. The minimum Gasteiger partial charge on any atom is -0.507 e. The number of amides is 1. The minimum absolute atomic E-state index is 0.0336. The molecule has 4 heteroatoms. The number of phenols is 1. The number of benzene rings is 3. The van der Waals surface area contributed by atoms with Crippen molar-refractivity contribution in [2.45, 2.75) is 6.54 Å². The Morgan fingerprint density at radius 1 is 0.917 bits per heavy atom. The number of phenolic OH excluding ortho intramolecular Hbond substituents is 1. The highest BCUT2D eigenvalue weighted by Crippen LogP contribution is 2.22. The topological polar surface area (TPSA) is 49.3 Å². The third-order valence-electron chi connectivity index (χ3n) is 3.69. The molecule has 0 bridgehead atoms. The Hall–Kier alpha value is -2.59. The zero-order valence-corrected chi connectivity index (χ0v) is 14.5. The highest BCUT2D eigenvalue weighted by molar-refractivity contribution is 9.10. The van der Waals surface area contributed by atoms with Crippen LogP contribution >= 0.6 is 15.9 Å². The highest BCUT2D eigenvalue weighted by atomic mass is 79.9. The first kappa shape index (κ1) is 16.3. The fraction of sp³-hybridized carbons (Fsp3) is 0.0500. The van der Waals surface area contributed by atoms with Crippen LogP contribution in [0.1, 0.15) is 15.9 Å². The van der Waals surface area contributed by atoms with Crippen LogP contribution in [0, 0.1) is 0 Å². The van der Waals surface area contributed by atoms with Gasteiger partial charge in [-0.15, -0.1) is 0 Å². The van der Waals surface area contributed by atoms with Crippen LogP contribution in [0.15, 0.2) is 77.3 Å². The van der Waals surface area contributed by atoms with E-state index in [2.05, 4.69) is 39.4 Å². The highest BCUT2D eigenvalue weighted by Gasteiger charge is 2.11. The van der Waals surface area contributed by atoms with Gasteiger partial charge in [-0.25, -0.2) is 0 Å². The molecule has 3 nitrogen and oxygen atoms in total. The molecule has 2 N–H and O–H groups in total. The van der Waals surface area contributed by atoms with E-state index in [9.17, 15) is 9.90 Å². The van der Waals surface area contributed by atoms with Crippen molar-refractivity contribution in [3.8, 4) is 16.9 Å². The number of carbonyl (C=O) groups excluding carboxylic acids is 1. The van der Waals surface area contributed by atoms with Gasteiger partial charge in [-0.2, -0.15) is 0 Å². The molecule has 3 aromatic rings. The van der Waals surface area contributed by atoms with Crippen LogP contribution in [0.3, 0.4) is 0 Å². The maximum Gasteiger partial charge on any atom is 0.255 e. The van der Waals surface area contributed by atoms with E-state index in [0.29, 0.717) is 6.54 Å². The second-order valence-corrected chi connectivity index (χ2v) is 6.33. The lowest BCUT2D eigenvalue weighted by molar-refractivity contribution is 0.0948. The van der Waals surface area contributed by atoms with Crippen molar-refractivity contribution in [1.29, 1.82) is 0 Å². The Labute approximate surface area is 149 Å². The van der Waals surface area contributed by atoms with Crippen molar-refractivity contribution in [3.63, 3.8) is 0 Å². The van der Waals surface area contributed by atoms with E-state index in [-0.39, 0.29) is 17.2 Å². The molecule has 0 unspecified atom stereocenters. The maximum absolute atomic E-state index is 12.3. The Morgan fingerprint density at radius 2 is 1.67 bits per heavy atom. The van der Waals surface area contributed by atoms with Crippen molar-refractivity contribution in [3.05, 3.63) is 88.4 Å². The van der Waals surface area contributed by atoms with E-state index >= 15 is 0 Å². The lowest BCUT2D eigenvalue weighted by Crippen LogP contribution is -2.22. The Balaban J connectivity index is 1.73. The average molecular weight is 382 g/mol. The Bertz CT molecular complexity index is 863. The molecule has 24 heavy (non-hydrogen) atoms. The van der Waals surface area contributed by atoms with Crippen LogP contribution in [0.25, 0.3) is 11.1 Å². The number of rotatable bonds is 4. The van der Waals surface area contributed by atoms with Crippen LogP contribution in [-0.2, 0) is 6.54 Å². The van der Waals surface area contributed by atoms with E-state index < -0.39 is 0 Å². The molecule has 1 amide bonds. The van der Waals surface area contributed by atoms with Crippen molar-refractivity contribution in [2.24, 2.45) is 0 Å². The fourth-order valence-corrected chi connectivity index (χ4v) is 2.82. The molecule has 0 atom stereocenters. The molecule has 0 saturated heterocycles. The van der Waals surface area contributed by atoms with Crippen molar-refractivity contribution >= 4 is 21.8 Å². The van der Waals surface area contributed by atoms with Crippen LogP contribution in [0.5, 0.6) is 5.75 Å². The SMILES string of the molecule is O=C(NCc1cccc(-c2ccccc2)c1)c1cc(Br)ccc1O. The summed E-state index contributed by atoms with van der Waals surface area (Å²) in [5.74, 6) is -0.340. The standard InChI is InChI=1S/C20H16BrNO2/c21-17-9-10-19(23)18(12-17)20(24)22-13-14-5-4-8-16(11-14)15-6-2-1-3-7-15/h1-12,23H,13H2,(H,22,24). The van der Waals surface area contributed by atoms with Gasteiger partial charge in [0.25, 0.3) is 5.91 Å². The van der Waals surface area contributed by atoms with Gasteiger partial charge in [0.15, 0.2) is 0 Å². The summed E-state index contributed by atoms with van der Waals surface area (Å²) in [5.41, 5.74) is 3.49. The summed E-state index contributed by atoms with van der Waals surface area (Å²) in [6, 6.07) is 22.9. The summed E-state index contributed by atoms with van der Waals surface area (Å²) in [6.07, 6.45) is 0. The number of hydrogen-bond acceptors (Lipinski definition) is 2. The molecule has 120 valence electrons. The normalized spacial score (nSPS) is 10.4. The average Bonchev–Trinajstić information content (AvgIpc) is 2.63. The second-order valence-electron chi connectivity index (χ2n) is 5.41. The molecule has 0 radical (unpaired) electrons. The predicted octanol–water partition coefficient (Wildman–Crippen LogP) is 4.75. The molecule has 0 spiro atoms. The first-order valence-corrected chi connectivity index (χ1v) is 8.34. The molecule has 0 saturated carbocycles. The number of aromatic hydroxyl groups is 1. The number of halogens is 1. The lowest BCUT2D eigenvalue weighted by atomic mass is 10.0. The van der Waals surface area contributed by atoms with Crippen LogP contribution < -0.4 is 5.32 Å². The van der Waals surface area contributed by atoms with Crippen molar-refractivity contribution in [2.75, 3.05) is 0 Å². The fourth-order valence-electron chi connectivity index (χ4n) is 2.46. The van der Waals surface area contributed by atoms with Gasteiger partial charge in [-0.05, 0) is 41.0 Å². The molecule has 3 rings (SSSR count). The van der Waals surface area contributed by atoms with Crippen molar-refractivity contribution in [1.82, 2.24) is 5.32 Å². The van der Waals surface area contributed by atoms with Gasteiger partial charge in [0.1, 0.15) is 5.75 Å². The molecule has 0 aliphatic rings. The third kappa shape index (κ3) is 3.84. The van der Waals surface area contributed by atoms with Gasteiger partial charge in [0.05, 0.1) is 5.56 Å². The smallest absolute Gasteiger partial charge is 0.255 e. The Kier molecular flexibility index (Phi) is 4.96. The number of carbonyl (C=O) groups is 1. The van der Waals surface area contributed by atoms with E-state index in [0.717, 1.165) is 21.2 Å². The first-order chi connectivity index (χ1) is 11.6. The maximum atomic E-state index is 12.3. The summed E-state index contributed by atoms with van der Waals surface area (Å²) < 4.78 is 0.747. The lowest BCUT2D eigenvalue weighted by Gasteiger charge is -2.09. The molecule has 0 fully saturated rings. The molecular weight excluding hydrogens is 366 g/mol. The van der Waals surface area contributed by atoms with Gasteiger partial charge in [-0.1, -0.05) is 64.5 Å². The van der Waals surface area contributed by atoms with Gasteiger partial charge in [-0.3, -0.25) is 4.79 Å². The Morgan fingerprint density at radius 3 is 2.46 bits per heavy atom. The van der Waals surface area contributed by atoms with Crippen LogP contribution in [0.2, 0.25) is 0 Å². The minimum atomic E-state index is -0.307. The summed E-state index contributed by atoms with van der Waals surface area (Å²) in [4.78, 5) is 12.3. The van der Waals surface area contributed by atoms with Gasteiger partial charge < -0.3 is 10.4 Å². The quantitative estimate of drug-likeness (QED) is 0.684. The van der Waals surface area contributed by atoms with Crippen LogP contribution in [-0.4, -0.2) is 11.0 Å². The van der Waals surface area contributed by atoms with Crippen LogP contribution in [0.4, 0.5) is 0 Å². The number of hydrogen-bond donors (Lipinski definition) is 2. The molecule has 0 heterocycles. The zero-order chi connectivity index (χ0) is 16.9. The summed E-state index contributed by atoms with van der Waals surface area (Å²) >= 11 is 3.30. The predicted molar refractivity (Wildman–Crippen MR) is 98.9 cm³/mol. The van der Waals surface area contributed by atoms with Gasteiger partial charge in [0.2, 0.25) is 0 Å². The molecule has 3 aromatic carbocycles. The summed E-state index contributed by atoms with van der Waals surface area (Å²) in [5, 5.41) is 12.7. The van der Waals surface area contributed by atoms with E-state index in [1.54, 1.807) is 12.1 Å². The first-order valence-electron chi connectivity index (χ1n) is 7.54. The molecule has 0 aromatic heterocycles. The summed E-state index contributed by atoms with van der Waals surface area (Å²) in [7, 11) is 0. The van der Waals surface area contributed by atoms with E-state index in [1.807, 2.05) is 36.4 Å². The summed E-state index contributed by atoms with van der Waals surface area (Å²) in [6.45, 7) is 0.394. The number of nitrogens with one attached hydrogen (secondary N) is 1. The zero-order valence-electron chi connectivity index (χ0n) is 12.9. The van der Waals surface area contributed by atoms with Gasteiger partial charge in [0, 0.05) is 11.0 Å².